The van der Waals surface area contributed by atoms with Crippen molar-refractivity contribution in [1.29, 1.82) is 0 Å². The number of ether oxygens (including phenoxy) is 1. The van der Waals surface area contributed by atoms with Gasteiger partial charge >= 0.3 is 0 Å². The quantitative estimate of drug-likeness (QED) is 0.554. The molecule has 2 aromatic rings. The number of nitrogens with one attached hydrogen (secondary N) is 2. The van der Waals surface area contributed by atoms with E-state index in [0.29, 0.717) is 12.4 Å². The highest BCUT2D eigenvalue weighted by molar-refractivity contribution is 7.89. The number of aryl methyl sites for hydroxylation is 1. The van der Waals surface area contributed by atoms with Crippen LogP contribution in [0, 0.1) is 6.92 Å². The summed E-state index contributed by atoms with van der Waals surface area (Å²) in [6, 6.07) is 13.4. The molecule has 1 atom stereocenters. The van der Waals surface area contributed by atoms with Gasteiger partial charge in [0.05, 0.1) is 11.5 Å². The fourth-order valence-electron chi connectivity index (χ4n) is 4.12. The van der Waals surface area contributed by atoms with Crippen molar-refractivity contribution in [2.24, 2.45) is 0 Å². The predicted molar refractivity (Wildman–Crippen MR) is 126 cm³/mol. The summed E-state index contributed by atoms with van der Waals surface area (Å²) in [5.74, 6) is 0.380. The Morgan fingerprint density at radius 1 is 1.06 bits per heavy atom. The molecule has 32 heavy (non-hydrogen) atoms. The fourth-order valence-corrected chi connectivity index (χ4v) is 5.41. The number of hydrogen-bond acceptors (Lipinski definition) is 4. The van der Waals surface area contributed by atoms with Crippen LogP contribution in [0.1, 0.15) is 56.6 Å². The molecule has 1 amide bonds. The summed E-state index contributed by atoms with van der Waals surface area (Å²) >= 11 is 0. The Balaban J connectivity index is 1.80. The first-order valence-corrected chi connectivity index (χ1v) is 13.0. The molecule has 0 aliphatic heterocycles. The van der Waals surface area contributed by atoms with Gasteiger partial charge in [-0.25, -0.2) is 8.42 Å². The molecule has 2 aromatic carbocycles. The predicted octanol–water partition coefficient (Wildman–Crippen LogP) is 4.12. The molecule has 2 N–H and O–H groups in total. The van der Waals surface area contributed by atoms with Crippen LogP contribution in [0.25, 0.3) is 0 Å². The molecule has 1 aliphatic carbocycles. The van der Waals surface area contributed by atoms with Crippen molar-refractivity contribution >= 4 is 15.9 Å². The van der Waals surface area contributed by atoms with Crippen LogP contribution in [0.3, 0.4) is 0 Å². The SMILES string of the molecule is CCOc1ccc(S(=O)(=O)NC(Cc2ccccc2)C(=O)NC2CCCCCC2)cc1C. The zero-order valence-electron chi connectivity index (χ0n) is 19.0. The Kier molecular flexibility index (Phi) is 8.70. The van der Waals surface area contributed by atoms with Crippen molar-refractivity contribution in [2.75, 3.05) is 6.61 Å². The Hall–Kier alpha value is -2.38. The second-order valence-electron chi connectivity index (χ2n) is 8.42. The van der Waals surface area contributed by atoms with Crippen LogP contribution in [-0.4, -0.2) is 33.0 Å². The molecule has 0 spiro atoms. The molecule has 0 bridgehead atoms. The van der Waals surface area contributed by atoms with Crippen LogP contribution in [0.4, 0.5) is 0 Å². The lowest BCUT2D eigenvalue weighted by Crippen LogP contribution is -2.50. The minimum Gasteiger partial charge on any atom is -0.494 e. The number of hydrogen-bond donors (Lipinski definition) is 2. The lowest BCUT2D eigenvalue weighted by molar-refractivity contribution is -0.123. The molecule has 7 heteroatoms. The average Bonchev–Trinajstić information content (AvgIpc) is 3.04. The highest BCUT2D eigenvalue weighted by Gasteiger charge is 2.28. The summed E-state index contributed by atoms with van der Waals surface area (Å²) < 4.78 is 34.5. The first-order valence-electron chi connectivity index (χ1n) is 11.5. The number of carbonyl (C=O) groups excluding carboxylic acids is 1. The minimum atomic E-state index is -3.89. The van der Waals surface area contributed by atoms with Gasteiger partial charge in [0.15, 0.2) is 0 Å². The fraction of sp³-hybridized carbons (Fsp3) is 0.480. The summed E-state index contributed by atoms with van der Waals surface area (Å²) in [4.78, 5) is 13.3. The monoisotopic (exact) mass is 458 g/mol. The largest absolute Gasteiger partial charge is 0.494 e. The average molecular weight is 459 g/mol. The number of benzene rings is 2. The second-order valence-corrected chi connectivity index (χ2v) is 10.1. The standard InChI is InChI=1S/C25H34N2O4S/c1-3-31-24-16-15-22(17-19(24)2)32(29,30)27-23(18-20-11-7-6-8-12-20)25(28)26-21-13-9-4-5-10-14-21/h6-8,11-12,15-17,21,23,27H,3-5,9-10,13-14,18H2,1-2H3,(H,26,28). The third-order valence-corrected chi connectivity index (χ3v) is 7.32. The number of sulfonamides is 1. The van der Waals surface area contributed by atoms with Crippen LogP contribution >= 0.6 is 0 Å². The Morgan fingerprint density at radius 3 is 2.38 bits per heavy atom. The van der Waals surface area contributed by atoms with Gasteiger partial charge in [0.2, 0.25) is 15.9 Å². The van der Waals surface area contributed by atoms with Gasteiger partial charge < -0.3 is 10.1 Å². The number of amides is 1. The van der Waals surface area contributed by atoms with E-state index in [9.17, 15) is 13.2 Å². The van der Waals surface area contributed by atoms with Crippen LogP contribution in [0.2, 0.25) is 0 Å². The molecule has 0 aromatic heterocycles. The lowest BCUT2D eigenvalue weighted by Gasteiger charge is -2.23. The topological polar surface area (TPSA) is 84.5 Å². The van der Waals surface area contributed by atoms with E-state index in [1.165, 1.54) is 18.9 Å². The van der Waals surface area contributed by atoms with E-state index in [2.05, 4.69) is 10.0 Å². The van der Waals surface area contributed by atoms with Crippen molar-refractivity contribution in [3.63, 3.8) is 0 Å². The molecule has 6 nitrogen and oxygen atoms in total. The Bertz CT molecular complexity index is 984. The number of rotatable bonds is 9. The van der Waals surface area contributed by atoms with Gasteiger partial charge in [-0.3, -0.25) is 4.79 Å². The van der Waals surface area contributed by atoms with Crippen molar-refractivity contribution in [1.82, 2.24) is 10.0 Å². The third kappa shape index (κ3) is 6.81. The zero-order valence-corrected chi connectivity index (χ0v) is 19.8. The van der Waals surface area contributed by atoms with E-state index in [1.54, 1.807) is 12.1 Å². The van der Waals surface area contributed by atoms with Gasteiger partial charge in [-0.05, 0) is 62.4 Å². The molecule has 174 valence electrons. The van der Waals surface area contributed by atoms with Gasteiger partial charge in [0.25, 0.3) is 0 Å². The molecule has 0 heterocycles. The maximum atomic E-state index is 13.2. The molecular formula is C25H34N2O4S. The van der Waals surface area contributed by atoms with E-state index in [4.69, 9.17) is 4.74 Å². The third-order valence-electron chi connectivity index (χ3n) is 5.85. The summed E-state index contributed by atoms with van der Waals surface area (Å²) in [6.07, 6.45) is 6.71. The van der Waals surface area contributed by atoms with Crippen molar-refractivity contribution in [2.45, 2.75) is 75.8 Å². The number of carbonyl (C=O) groups is 1. The first kappa shape index (κ1) is 24.3. The Morgan fingerprint density at radius 2 is 1.75 bits per heavy atom. The van der Waals surface area contributed by atoms with E-state index < -0.39 is 16.1 Å². The minimum absolute atomic E-state index is 0.0977. The molecule has 1 fully saturated rings. The summed E-state index contributed by atoms with van der Waals surface area (Å²) in [5, 5.41) is 3.10. The highest BCUT2D eigenvalue weighted by Crippen LogP contribution is 2.22. The molecular weight excluding hydrogens is 424 g/mol. The first-order chi connectivity index (χ1) is 15.4. The van der Waals surface area contributed by atoms with E-state index in [-0.39, 0.29) is 23.3 Å². The van der Waals surface area contributed by atoms with Gasteiger partial charge in [0, 0.05) is 6.04 Å². The van der Waals surface area contributed by atoms with Crippen molar-refractivity contribution in [3.8, 4) is 5.75 Å². The van der Waals surface area contributed by atoms with Crippen LogP contribution in [-0.2, 0) is 21.2 Å². The zero-order chi connectivity index (χ0) is 23.0. The summed E-state index contributed by atoms with van der Waals surface area (Å²) in [6.45, 7) is 4.20. The van der Waals surface area contributed by atoms with E-state index in [0.717, 1.165) is 36.8 Å². The van der Waals surface area contributed by atoms with Crippen LogP contribution in [0.15, 0.2) is 53.4 Å². The molecule has 1 unspecified atom stereocenters. The maximum absolute atomic E-state index is 13.2. The van der Waals surface area contributed by atoms with Gasteiger partial charge in [-0.15, -0.1) is 0 Å². The lowest BCUT2D eigenvalue weighted by atomic mass is 10.0. The van der Waals surface area contributed by atoms with Crippen molar-refractivity contribution in [3.05, 3.63) is 59.7 Å². The normalized spacial score (nSPS) is 16.2. The smallest absolute Gasteiger partial charge is 0.241 e. The van der Waals surface area contributed by atoms with Gasteiger partial charge in [-0.1, -0.05) is 56.0 Å². The molecule has 1 aliphatic rings. The molecule has 0 radical (unpaired) electrons. The highest BCUT2D eigenvalue weighted by atomic mass is 32.2. The van der Waals surface area contributed by atoms with Crippen molar-refractivity contribution < 1.29 is 17.9 Å². The maximum Gasteiger partial charge on any atom is 0.241 e. The van der Waals surface area contributed by atoms with Crippen LogP contribution < -0.4 is 14.8 Å². The Labute approximate surface area is 191 Å². The summed E-state index contributed by atoms with van der Waals surface area (Å²) in [5.41, 5.74) is 1.64. The van der Waals surface area contributed by atoms with Crippen LogP contribution in [0.5, 0.6) is 5.75 Å². The van der Waals surface area contributed by atoms with Gasteiger partial charge in [-0.2, -0.15) is 4.72 Å². The molecule has 0 saturated heterocycles. The van der Waals surface area contributed by atoms with Gasteiger partial charge in [0.1, 0.15) is 11.8 Å². The van der Waals surface area contributed by atoms with E-state index in [1.807, 2.05) is 44.2 Å². The molecule has 1 saturated carbocycles. The molecule has 3 rings (SSSR count). The van der Waals surface area contributed by atoms with E-state index >= 15 is 0 Å². The second kappa shape index (κ2) is 11.5. The summed E-state index contributed by atoms with van der Waals surface area (Å²) in [7, 11) is -3.89.